The van der Waals surface area contributed by atoms with Crippen LogP contribution in [0, 0.1) is 13.8 Å². The topological polar surface area (TPSA) is 64.5 Å². The molecule has 3 rings (SSSR count). The van der Waals surface area contributed by atoms with Crippen molar-refractivity contribution in [3.63, 3.8) is 0 Å². The van der Waals surface area contributed by atoms with Crippen LogP contribution in [0.4, 0.5) is 0 Å². The summed E-state index contributed by atoms with van der Waals surface area (Å²) < 4.78 is 11.1. The summed E-state index contributed by atoms with van der Waals surface area (Å²) in [7, 11) is 1.54. The van der Waals surface area contributed by atoms with Gasteiger partial charge in [-0.15, -0.1) is 0 Å². The van der Waals surface area contributed by atoms with E-state index in [9.17, 15) is 4.79 Å². The summed E-state index contributed by atoms with van der Waals surface area (Å²) in [6.07, 6.45) is 0.598. The molecule has 0 N–H and O–H groups in total. The molecule has 25 heavy (non-hydrogen) atoms. The zero-order valence-corrected chi connectivity index (χ0v) is 15.2. The summed E-state index contributed by atoms with van der Waals surface area (Å²) in [6.45, 7) is 4.88. The first-order valence-corrected chi connectivity index (χ1v) is 8.46. The van der Waals surface area contributed by atoms with E-state index in [0.29, 0.717) is 35.4 Å². The number of nitrogens with zero attached hydrogens (tertiary/aromatic N) is 3. The quantitative estimate of drug-likeness (QED) is 0.837. The molecule has 0 unspecified atom stereocenters. The minimum absolute atomic E-state index is 0.119. The van der Waals surface area contributed by atoms with Crippen LogP contribution in [0.2, 0.25) is 5.02 Å². The Hall–Kier alpha value is -2.34. The Kier molecular flexibility index (Phi) is 5.08. The van der Waals surface area contributed by atoms with E-state index in [2.05, 4.69) is 9.97 Å². The fourth-order valence-electron chi connectivity index (χ4n) is 2.92. The van der Waals surface area contributed by atoms with Crippen LogP contribution in [-0.2, 0) is 0 Å². The van der Waals surface area contributed by atoms with Crippen molar-refractivity contribution in [2.45, 2.75) is 26.4 Å². The summed E-state index contributed by atoms with van der Waals surface area (Å²) in [5.41, 5.74) is 2.17. The van der Waals surface area contributed by atoms with Crippen molar-refractivity contribution in [1.29, 1.82) is 0 Å². The second kappa shape index (κ2) is 7.27. The molecule has 2 heterocycles. The number of halogens is 1. The Balaban J connectivity index is 1.70. The van der Waals surface area contributed by atoms with Crippen LogP contribution in [-0.4, -0.2) is 47.1 Å². The molecule has 1 aliphatic heterocycles. The monoisotopic (exact) mass is 361 g/mol. The number of methoxy groups -OCH3 is 1. The Morgan fingerprint density at radius 2 is 1.96 bits per heavy atom. The summed E-state index contributed by atoms with van der Waals surface area (Å²) in [5, 5.41) is 0.500. The lowest BCUT2D eigenvalue weighted by molar-refractivity contribution is 0.0766. The third kappa shape index (κ3) is 4.02. The largest absolute Gasteiger partial charge is 0.496 e. The molecule has 1 aromatic carbocycles. The van der Waals surface area contributed by atoms with E-state index in [1.165, 1.54) is 7.11 Å². The lowest BCUT2D eigenvalue weighted by Crippen LogP contribution is -2.31. The average Bonchev–Trinajstić information content (AvgIpc) is 3.01. The van der Waals surface area contributed by atoms with Gasteiger partial charge in [-0.3, -0.25) is 4.79 Å². The van der Waals surface area contributed by atoms with Gasteiger partial charge in [0.15, 0.2) is 0 Å². The van der Waals surface area contributed by atoms with Gasteiger partial charge in [0, 0.05) is 29.4 Å². The fraction of sp³-hybridized carbons (Fsp3) is 0.389. The highest BCUT2D eigenvalue weighted by atomic mass is 35.5. The number of aryl methyl sites for hydroxylation is 2. The molecule has 132 valence electrons. The van der Waals surface area contributed by atoms with Crippen molar-refractivity contribution >= 4 is 17.5 Å². The van der Waals surface area contributed by atoms with Gasteiger partial charge in [-0.25, -0.2) is 9.97 Å². The first-order chi connectivity index (χ1) is 12.0. The van der Waals surface area contributed by atoms with E-state index in [-0.39, 0.29) is 12.0 Å². The van der Waals surface area contributed by atoms with Gasteiger partial charge in [-0.1, -0.05) is 11.6 Å². The number of carbonyl (C=O) groups is 1. The highest BCUT2D eigenvalue weighted by Gasteiger charge is 2.30. The van der Waals surface area contributed by atoms with Crippen molar-refractivity contribution in [2.75, 3.05) is 20.2 Å². The number of hydrogen-bond donors (Lipinski definition) is 0. The highest BCUT2D eigenvalue weighted by Crippen LogP contribution is 2.26. The molecule has 1 fully saturated rings. The molecule has 0 saturated carbocycles. The van der Waals surface area contributed by atoms with Gasteiger partial charge >= 0.3 is 6.01 Å². The summed E-state index contributed by atoms with van der Waals surface area (Å²) in [4.78, 5) is 23.1. The summed E-state index contributed by atoms with van der Waals surface area (Å²) in [5.74, 6) is 0.392. The number of amides is 1. The molecule has 6 nitrogen and oxygen atoms in total. The van der Waals surface area contributed by atoms with Gasteiger partial charge < -0.3 is 14.4 Å². The highest BCUT2D eigenvalue weighted by molar-refractivity contribution is 6.31. The van der Waals surface area contributed by atoms with Crippen molar-refractivity contribution < 1.29 is 14.3 Å². The zero-order valence-electron chi connectivity index (χ0n) is 14.5. The first-order valence-electron chi connectivity index (χ1n) is 8.08. The number of hydrogen-bond acceptors (Lipinski definition) is 5. The molecule has 0 bridgehead atoms. The second-order valence-corrected chi connectivity index (χ2v) is 6.49. The normalized spacial score (nSPS) is 16.8. The van der Waals surface area contributed by atoms with Crippen LogP contribution in [0.3, 0.4) is 0 Å². The molecule has 0 radical (unpaired) electrons. The number of likely N-dealkylation sites (tertiary alicyclic amines) is 1. The van der Waals surface area contributed by atoms with Crippen molar-refractivity contribution in [1.82, 2.24) is 14.9 Å². The third-order valence-electron chi connectivity index (χ3n) is 4.06. The molecule has 1 aliphatic rings. The van der Waals surface area contributed by atoms with E-state index in [1.54, 1.807) is 23.1 Å². The standard InChI is InChI=1S/C18H20ClN3O3/c1-11-8-12(2)21-18(20-11)25-14-6-7-22(10-14)17(23)15-9-13(19)4-5-16(15)24-3/h4-5,8-9,14H,6-7,10H2,1-3H3/t14-/m1/s1. The molecule has 1 saturated heterocycles. The van der Waals surface area contributed by atoms with Crippen molar-refractivity contribution in [2.24, 2.45) is 0 Å². The van der Waals surface area contributed by atoms with E-state index in [0.717, 1.165) is 17.8 Å². The van der Waals surface area contributed by atoms with Crippen LogP contribution in [0.5, 0.6) is 11.8 Å². The van der Waals surface area contributed by atoms with Crippen LogP contribution in [0.1, 0.15) is 28.2 Å². The van der Waals surface area contributed by atoms with E-state index in [1.807, 2.05) is 19.9 Å². The van der Waals surface area contributed by atoms with E-state index >= 15 is 0 Å². The van der Waals surface area contributed by atoms with Gasteiger partial charge in [0.2, 0.25) is 0 Å². The Bertz CT molecular complexity index is 777. The lowest BCUT2D eigenvalue weighted by Gasteiger charge is -2.18. The van der Waals surface area contributed by atoms with E-state index in [4.69, 9.17) is 21.1 Å². The molecule has 7 heteroatoms. The SMILES string of the molecule is COc1ccc(Cl)cc1C(=O)N1CC[C@@H](Oc2nc(C)cc(C)n2)C1. The molecule has 2 aromatic rings. The van der Waals surface area contributed by atoms with Gasteiger partial charge in [-0.05, 0) is 38.1 Å². The third-order valence-corrected chi connectivity index (χ3v) is 4.29. The maximum absolute atomic E-state index is 12.8. The predicted octanol–water partition coefficient (Wildman–Crippen LogP) is 3.05. The van der Waals surface area contributed by atoms with Gasteiger partial charge in [-0.2, -0.15) is 0 Å². The van der Waals surface area contributed by atoms with Crippen LogP contribution in [0.15, 0.2) is 24.3 Å². The smallest absolute Gasteiger partial charge is 0.317 e. The Labute approximate surface area is 151 Å². The molecule has 0 aliphatic carbocycles. The molecule has 1 aromatic heterocycles. The second-order valence-electron chi connectivity index (χ2n) is 6.06. The van der Waals surface area contributed by atoms with Crippen LogP contribution < -0.4 is 9.47 Å². The first kappa shape index (κ1) is 17.5. The van der Waals surface area contributed by atoms with Gasteiger partial charge in [0.05, 0.1) is 19.2 Å². The molecule has 1 amide bonds. The predicted molar refractivity (Wildman–Crippen MR) is 94.4 cm³/mol. The number of rotatable bonds is 4. The minimum Gasteiger partial charge on any atom is -0.496 e. The summed E-state index contributed by atoms with van der Waals surface area (Å²) in [6, 6.07) is 7.28. The number of aromatic nitrogens is 2. The van der Waals surface area contributed by atoms with Gasteiger partial charge in [0.25, 0.3) is 5.91 Å². The average molecular weight is 362 g/mol. The minimum atomic E-state index is -0.129. The molecule has 1 atom stereocenters. The maximum Gasteiger partial charge on any atom is 0.317 e. The Morgan fingerprint density at radius 3 is 2.64 bits per heavy atom. The van der Waals surface area contributed by atoms with Crippen LogP contribution in [0.25, 0.3) is 0 Å². The maximum atomic E-state index is 12.8. The lowest BCUT2D eigenvalue weighted by atomic mass is 10.1. The fourth-order valence-corrected chi connectivity index (χ4v) is 3.09. The zero-order chi connectivity index (χ0) is 18.0. The van der Waals surface area contributed by atoms with Crippen molar-refractivity contribution in [3.8, 4) is 11.8 Å². The van der Waals surface area contributed by atoms with Gasteiger partial charge in [0.1, 0.15) is 11.9 Å². The van der Waals surface area contributed by atoms with E-state index < -0.39 is 0 Å². The number of carbonyl (C=O) groups excluding carboxylic acids is 1. The Morgan fingerprint density at radius 1 is 1.24 bits per heavy atom. The number of ether oxygens (including phenoxy) is 2. The molecule has 0 spiro atoms. The summed E-state index contributed by atoms with van der Waals surface area (Å²) >= 11 is 6.02. The molecular weight excluding hydrogens is 342 g/mol. The van der Waals surface area contributed by atoms with Crippen LogP contribution >= 0.6 is 11.6 Å². The van der Waals surface area contributed by atoms with Crippen molar-refractivity contribution in [3.05, 3.63) is 46.2 Å². The molecular formula is C18H20ClN3O3. The number of benzene rings is 1.